The third-order valence-corrected chi connectivity index (χ3v) is 7.58. The molecule has 0 saturated heterocycles. The number of aromatic nitrogens is 1. The Bertz CT molecular complexity index is 1910. The maximum absolute atomic E-state index is 13.9. The van der Waals surface area contributed by atoms with E-state index >= 15 is 0 Å². The molecule has 2 heterocycles. The molecule has 1 atom stereocenters. The first-order valence-corrected chi connectivity index (χ1v) is 13.6. The zero-order valence-electron chi connectivity index (χ0n) is 22.7. The van der Waals surface area contributed by atoms with Crippen molar-refractivity contribution in [1.82, 2.24) is 21.0 Å². The number of anilines is 3. The molecule has 1 saturated carbocycles. The van der Waals surface area contributed by atoms with Crippen molar-refractivity contribution in [3.8, 4) is 6.07 Å². The van der Waals surface area contributed by atoms with Gasteiger partial charge in [0.25, 0.3) is 0 Å². The van der Waals surface area contributed by atoms with Crippen LogP contribution in [0, 0.1) is 17.1 Å². The number of halogens is 2. The molecule has 0 amide bonds. The van der Waals surface area contributed by atoms with E-state index in [4.69, 9.17) is 11.6 Å². The van der Waals surface area contributed by atoms with E-state index in [1.54, 1.807) is 18.2 Å². The number of hydrazine groups is 2. The van der Waals surface area contributed by atoms with Gasteiger partial charge in [0.2, 0.25) is 0 Å². The van der Waals surface area contributed by atoms with Crippen LogP contribution in [0.15, 0.2) is 97.0 Å². The lowest BCUT2D eigenvalue weighted by atomic mass is 10.0. The second kappa shape index (κ2) is 10.3. The molecule has 0 bridgehead atoms. The number of fused-ring (bicyclic) bond motifs is 2. The van der Waals surface area contributed by atoms with Gasteiger partial charge in [0, 0.05) is 40.6 Å². The van der Waals surface area contributed by atoms with Crippen LogP contribution >= 0.6 is 11.6 Å². The first-order valence-electron chi connectivity index (χ1n) is 13.8. The fraction of sp³-hybridized carbons (Fsp3) is 0.125. The van der Waals surface area contributed by atoms with Crippen molar-refractivity contribution >= 4 is 50.3 Å². The lowest BCUT2D eigenvalue weighted by Gasteiger charge is -2.22. The molecule has 1 fully saturated rings. The van der Waals surface area contributed by atoms with E-state index in [-0.39, 0.29) is 5.82 Å². The number of nitrogens with zero attached hydrogens (tertiary/aromatic N) is 3. The molecule has 4 N–H and O–H groups in total. The molecule has 1 aliphatic carbocycles. The molecule has 4 aromatic carbocycles. The Morgan fingerprint density at radius 3 is 2.68 bits per heavy atom. The van der Waals surface area contributed by atoms with E-state index in [0.29, 0.717) is 50.2 Å². The van der Waals surface area contributed by atoms with Crippen molar-refractivity contribution in [3.05, 3.63) is 119 Å². The van der Waals surface area contributed by atoms with Crippen molar-refractivity contribution in [3.63, 3.8) is 0 Å². The van der Waals surface area contributed by atoms with Gasteiger partial charge in [0.1, 0.15) is 11.9 Å². The number of hydrogen-bond donors (Lipinski definition) is 4. The van der Waals surface area contributed by atoms with Crippen molar-refractivity contribution in [2.45, 2.75) is 24.9 Å². The van der Waals surface area contributed by atoms with Gasteiger partial charge in [-0.15, -0.1) is 5.53 Å². The molecule has 1 aromatic heterocycles. The van der Waals surface area contributed by atoms with E-state index in [1.807, 2.05) is 59.7 Å². The Morgan fingerprint density at radius 2 is 1.88 bits per heavy atom. The standard InChI is InChI=1S/C32H25ClFN7/c33-27-15-23(37-31(20-8-10-22(34)11-9-20)29-18-41(40-39-29)24-12-13-24)14-26-30(21(16-35)17-36-32(26)27)38-28-7-3-5-19-4-1-2-6-25(19)28/h1-11,14-15,17-18,24,31,37,39-40H,12-13H2,(H,36,38)/t31-/m0/s1/i31D. The molecular weight excluding hydrogens is 537 g/mol. The Labute approximate surface area is 242 Å². The summed E-state index contributed by atoms with van der Waals surface area (Å²) >= 11 is 6.78. The maximum atomic E-state index is 13.9. The summed E-state index contributed by atoms with van der Waals surface area (Å²) in [7, 11) is 0. The monoisotopic (exact) mass is 562 g/mol. The fourth-order valence-corrected chi connectivity index (χ4v) is 5.35. The first-order chi connectivity index (χ1) is 20.4. The van der Waals surface area contributed by atoms with Gasteiger partial charge in [0.15, 0.2) is 0 Å². The zero-order chi connectivity index (χ0) is 28.8. The highest BCUT2D eigenvalue weighted by molar-refractivity contribution is 6.36. The van der Waals surface area contributed by atoms with Gasteiger partial charge in [-0.1, -0.05) is 60.1 Å². The molecule has 5 aromatic rings. The minimum Gasteiger partial charge on any atom is -0.373 e. The van der Waals surface area contributed by atoms with Crippen molar-refractivity contribution in [1.29, 1.82) is 5.26 Å². The van der Waals surface area contributed by atoms with Crippen LogP contribution in [-0.2, 0) is 0 Å². The minimum atomic E-state index is -1.54. The van der Waals surface area contributed by atoms with Crippen LogP contribution in [0.5, 0.6) is 0 Å². The lowest BCUT2D eigenvalue weighted by molar-refractivity contribution is 0.260. The summed E-state index contributed by atoms with van der Waals surface area (Å²) in [5, 5.41) is 21.8. The smallest absolute Gasteiger partial charge is 0.123 e. The molecular formula is C32H25ClFN7. The van der Waals surface area contributed by atoms with E-state index in [1.165, 1.54) is 18.3 Å². The average Bonchev–Trinajstić information content (AvgIpc) is 3.73. The predicted molar refractivity (Wildman–Crippen MR) is 161 cm³/mol. The van der Waals surface area contributed by atoms with Crippen LogP contribution in [-0.4, -0.2) is 16.0 Å². The molecule has 0 unspecified atom stereocenters. The fourth-order valence-electron chi connectivity index (χ4n) is 5.08. The zero-order valence-corrected chi connectivity index (χ0v) is 22.5. The summed E-state index contributed by atoms with van der Waals surface area (Å²) in [5.41, 5.74) is 10.1. The normalized spacial score (nSPS) is 16.5. The van der Waals surface area contributed by atoms with Crippen molar-refractivity contribution in [2.75, 3.05) is 10.6 Å². The SMILES string of the molecule is [2H][C@@](Nc1cc(Cl)c2ncc(C#N)c(Nc3cccc4ccccc34)c2c1)(C1=CN(C2CC2)NN1)c1ccc(F)cc1. The average molecular weight is 563 g/mol. The molecule has 202 valence electrons. The van der Waals surface area contributed by atoms with Crippen molar-refractivity contribution in [2.24, 2.45) is 0 Å². The highest BCUT2D eigenvalue weighted by Gasteiger charge is 2.32. The van der Waals surface area contributed by atoms with E-state index < -0.39 is 6.02 Å². The third kappa shape index (κ3) is 4.86. The highest BCUT2D eigenvalue weighted by atomic mass is 35.5. The number of benzene rings is 4. The van der Waals surface area contributed by atoms with Gasteiger partial charge < -0.3 is 16.1 Å². The van der Waals surface area contributed by atoms with Gasteiger partial charge in [-0.2, -0.15) is 5.26 Å². The molecule has 0 radical (unpaired) electrons. The van der Waals surface area contributed by atoms with Crippen LogP contribution in [0.25, 0.3) is 21.7 Å². The topological polar surface area (TPSA) is 88.0 Å². The Kier molecular flexibility index (Phi) is 6.02. The number of rotatable bonds is 7. The van der Waals surface area contributed by atoms with Crippen LogP contribution in [0.3, 0.4) is 0 Å². The second-order valence-electron chi connectivity index (χ2n) is 10.1. The summed E-state index contributed by atoms with van der Waals surface area (Å²) in [6.07, 6.45) is 5.50. The summed E-state index contributed by atoms with van der Waals surface area (Å²) in [5.74, 6) is -0.389. The van der Waals surface area contributed by atoms with Gasteiger partial charge in [-0.3, -0.25) is 9.99 Å². The van der Waals surface area contributed by atoms with E-state index in [2.05, 4.69) is 32.6 Å². The van der Waals surface area contributed by atoms with Crippen LogP contribution in [0.2, 0.25) is 5.02 Å². The summed E-state index contributed by atoms with van der Waals surface area (Å²) in [4.78, 5) is 4.48. The summed E-state index contributed by atoms with van der Waals surface area (Å²) < 4.78 is 23.5. The predicted octanol–water partition coefficient (Wildman–Crippen LogP) is 7.28. The molecule has 7 rings (SSSR count). The lowest BCUT2D eigenvalue weighted by Crippen LogP contribution is -2.38. The Hall–Kier alpha value is -4.84. The van der Waals surface area contributed by atoms with Gasteiger partial charge in [-0.05, 0) is 54.1 Å². The second-order valence-corrected chi connectivity index (χ2v) is 10.5. The molecule has 0 spiro atoms. The number of nitriles is 1. The molecule has 41 heavy (non-hydrogen) atoms. The maximum Gasteiger partial charge on any atom is 0.123 e. The molecule has 1 aliphatic heterocycles. The van der Waals surface area contributed by atoms with Crippen LogP contribution < -0.4 is 21.6 Å². The Morgan fingerprint density at radius 1 is 1.07 bits per heavy atom. The highest BCUT2D eigenvalue weighted by Crippen LogP contribution is 2.38. The third-order valence-electron chi connectivity index (χ3n) is 7.29. The summed E-state index contributed by atoms with van der Waals surface area (Å²) in [6, 6.07) is 24.4. The number of hydrogen-bond acceptors (Lipinski definition) is 7. The molecule has 2 aliphatic rings. The molecule has 7 nitrogen and oxygen atoms in total. The van der Waals surface area contributed by atoms with E-state index in [9.17, 15) is 11.0 Å². The molecule has 9 heteroatoms. The van der Waals surface area contributed by atoms with E-state index in [0.717, 1.165) is 29.3 Å². The van der Waals surface area contributed by atoms with Gasteiger partial charge >= 0.3 is 0 Å². The Balaban J connectivity index is 1.35. The number of pyridine rings is 1. The summed E-state index contributed by atoms with van der Waals surface area (Å²) in [6.45, 7) is 0. The van der Waals surface area contributed by atoms with Crippen molar-refractivity contribution < 1.29 is 5.76 Å². The van der Waals surface area contributed by atoms with Gasteiger partial charge in [-0.25, -0.2) is 4.39 Å². The first kappa shape index (κ1) is 24.0. The minimum absolute atomic E-state index is 0.351. The van der Waals surface area contributed by atoms with Crippen LogP contribution in [0.4, 0.5) is 21.5 Å². The quantitative estimate of drug-likeness (QED) is 0.166. The van der Waals surface area contributed by atoms with Crippen LogP contribution in [0.1, 0.15) is 31.4 Å². The number of nitrogens with one attached hydrogen (secondary N) is 4. The van der Waals surface area contributed by atoms with Gasteiger partial charge in [0.05, 0.1) is 34.9 Å². The largest absolute Gasteiger partial charge is 0.373 e.